The molecule has 2 fully saturated rings. The average molecular weight is 295 g/mol. The molecule has 0 amide bonds. The maximum atomic E-state index is 9.58. The largest absolute Gasteiger partial charge is 0.388 e. The number of hydrogen-bond donors (Lipinski definition) is 1. The van der Waals surface area contributed by atoms with Crippen molar-refractivity contribution in [2.75, 3.05) is 37.6 Å². The van der Waals surface area contributed by atoms with E-state index in [1.54, 1.807) is 18.3 Å². The third-order valence-electron chi connectivity index (χ3n) is 4.52. The van der Waals surface area contributed by atoms with Crippen LogP contribution in [0.25, 0.3) is 0 Å². The highest BCUT2D eigenvalue weighted by atomic mass is 32.1. The second kappa shape index (κ2) is 6.41. The van der Waals surface area contributed by atoms with E-state index in [1.165, 1.54) is 45.3 Å². The number of aliphatic hydroxyl groups is 1. The first-order chi connectivity index (χ1) is 9.72. The van der Waals surface area contributed by atoms with Gasteiger partial charge in [0.1, 0.15) is 0 Å². The maximum absolute atomic E-state index is 9.58. The van der Waals surface area contributed by atoms with Crippen molar-refractivity contribution in [3.8, 4) is 0 Å². The number of thiazole rings is 1. The van der Waals surface area contributed by atoms with Crippen LogP contribution in [0.5, 0.6) is 0 Å². The summed E-state index contributed by atoms with van der Waals surface area (Å²) in [6.45, 7) is 7.95. The number of anilines is 1. The van der Waals surface area contributed by atoms with Crippen molar-refractivity contribution in [2.45, 2.75) is 38.7 Å². The van der Waals surface area contributed by atoms with Crippen LogP contribution in [0, 0.1) is 5.92 Å². The average Bonchev–Trinajstić information content (AvgIpc) is 3.10. The zero-order valence-electron chi connectivity index (χ0n) is 12.3. The Bertz CT molecular complexity index is 421. The van der Waals surface area contributed by atoms with Gasteiger partial charge in [-0.3, -0.25) is 0 Å². The van der Waals surface area contributed by atoms with Gasteiger partial charge in [-0.15, -0.1) is 0 Å². The van der Waals surface area contributed by atoms with E-state index in [4.69, 9.17) is 0 Å². The van der Waals surface area contributed by atoms with Crippen LogP contribution < -0.4 is 4.90 Å². The number of rotatable bonds is 4. The summed E-state index contributed by atoms with van der Waals surface area (Å²) in [5.74, 6) is 0.862. The zero-order chi connectivity index (χ0) is 13.9. The van der Waals surface area contributed by atoms with Gasteiger partial charge in [0, 0.05) is 25.8 Å². The Balaban J connectivity index is 1.49. The quantitative estimate of drug-likeness (QED) is 0.926. The Morgan fingerprint density at radius 2 is 2.00 bits per heavy atom. The molecule has 2 saturated heterocycles. The summed E-state index contributed by atoms with van der Waals surface area (Å²) in [6.07, 6.45) is 6.76. The summed E-state index contributed by atoms with van der Waals surface area (Å²) in [6, 6.07) is 0. The first kappa shape index (κ1) is 14.3. The molecule has 1 atom stereocenters. The lowest BCUT2D eigenvalue weighted by Gasteiger charge is -2.33. The Morgan fingerprint density at radius 3 is 2.60 bits per heavy atom. The lowest BCUT2D eigenvalue weighted by Crippen LogP contribution is -2.38. The fraction of sp³-hybridized carbons (Fsp3) is 0.800. The fourth-order valence-electron chi connectivity index (χ4n) is 3.25. The van der Waals surface area contributed by atoms with Gasteiger partial charge in [-0.1, -0.05) is 11.3 Å². The second-order valence-electron chi connectivity index (χ2n) is 6.16. The molecule has 4 nitrogen and oxygen atoms in total. The number of likely N-dealkylation sites (tertiary alicyclic amines) is 1. The summed E-state index contributed by atoms with van der Waals surface area (Å²) in [5, 5.41) is 10.7. The van der Waals surface area contributed by atoms with Gasteiger partial charge in [0.05, 0.1) is 11.0 Å². The Kier molecular flexibility index (Phi) is 4.58. The van der Waals surface area contributed by atoms with E-state index < -0.39 is 6.10 Å². The summed E-state index contributed by atoms with van der Waals surface area (Å²) in [7, 11) is 0. The number of hydrogen-bond acceptors (Lipinski definition) is 5. The number of nitrogens with zero attached hydrogens (tertiary/aromatic N) is 3. The van der Waals surface area contributed by atoms with Gasteiger partial charge in [0.15, 0.2) is 5.13 Å². The van der Waals surface area contributed by atoms with Gasteiger partial charge in [-0.05, 0) is 51.6 Å². The smallest absolute Gasteiger partial charge is 0.185 e. The first-order valence-electron chi connectivity index (χ1n) is 7.83. The van der Waals surface area contributed by atoms with Crippen molar-refractivity contribution < 1.29 is 5.11 Å². The van der Waals surface area contributed by atoms with E-state index in [2.05, 4.69) is 14.8 Å². The molecule has 112 valence electrons. The molecule has 0 radical (unpaired) electrons. The summed E-state index contributed by atoms with van der Waals surface area (Å²) in [5.41, 5.74) is 0. The molecule has 2 aliphatic rings. The molecule has 1 unspecified atom stereocenters. The predicted molar refractivity (Wildman–Crippen MR) is 83.4 cm³/mol. The Labute approximate surface area is 125 Å². The van der Waals surface area contributed by atoms with Crippen molar-refractivity contribution in [1.29, 1.82) is 0 Å². The zero-order valence-corrected chi connectivity index (χ0v) is 13.1. The molecule has 0 aromatic carbocycles. The molecule has 2 aliphatic heterocycles. The minimum absolute atomic E-state index is 0.394. The van der Waals surface area contributed by atoms with E-state index in [0.717, 1.165) is 29.0 Å². The van der Waals surface area contributed by atoms with Crippen LogP contribution in [0.4, 0.5) is 5.13 Å². The molecule has 0 spiro atoms. The minimum atomic E-state index is -0.394. The van der Waals surface area contributed by atoms with Gasteiger partial charge in [0.25, 0.3) is 0 Å². The standard InChI is InChI=1S/C15H25N3OS/c1-12(19)14-10-16-15(20-14)18-8-4-13(5-9-18)11-17-6-2-3-7-17/h10,12-13,19H,2-9,11H2,1H3. The van der Waals surface area contributed by atoms with E-state index in [1.807, 2.05) is 6.20 Å². The molecule has 1 aromatic rings. The molecule has 20 heavy (non-hydrogen) atoms. The highest BCUT2D eigenvalue weighted by Gasteiger charge is 2.24. The molecule has 1 aromatic heterocycles. The van der Waals surface area contributed by atoms with Gasteiger partial charge in [0.2, 0.25) is 0 Å². The van der Waals surface area contributed by atoms with Gasteiger partial charge in [-0.25, -0.2) is 4.98 Å². The highest BCUT2D eigenvalue weighted by molar-refractivity contribution is 7.15. The topological polar surface area (TPSA) is 39.6 Å². The number of piperidine rings is 1. The molecule has 1 N–H and O–H groups in total. The van der Waals surface area contributed by atoms with E-state index in [-0.39, 0.29) is 0 Å². The van der Waals surface area contributed by atoms with Crippen LogP contribution in [0.2, 0.25) is 0 Å². The molecule has 0 aliphatic carbocycles. The molecular weight excluding hydrogens is 270 g/mol. The van der Waals surface area contributed by atoms with Crippen molar-refractivity contribution in [2.24, 2.45) is 5.92 Å². The fourth-order valence-corrected chi connectivity index (χ4v) is 4.16. The van der Waals surface area contributed by atoms with Gasteiger partial charge in [-0.2, -0.15) is 0 Å². The van der Waals surface area contributed by atoms with Gasteiger partial charge >= 0.3 is 0 Å². The molecule has 5 heteroatoms. The molecule has 3 rings (SSSR count). The monoisotopic (exact) mass is 295 g/mol. The van der Waals surface area contributed by atoms with Crippen LogP contribution in [0.3, 0.4) is 0 Å². The van der Waals surface area contributed by atoms with Crippen molar-refractivity contribution in [1.82, 2.24) is 9.88 Å². The number of aromatic nitrogens is 1. The molecule has 3 heterocycles. The summed E-state index contributed by atoms with van der Waals surface area (Å²) < 4.78 is 0. The van der Waals surface area contributed by atoms with E-state index >= 15 is 0 Å². The van der Waals surface area contributed by atoms with Crippen LogP contribution in [-0.4, -0.2) is 47.7 Å². The van der Waals surface area contributed by atoms with Crippen molar-refractivity contribution in [3.05, 3.63) is 11.1 Å². The summed E-state index contributed by atoms with van der Waals surface area (Å²) >= 11 is 1.64. The minimum Gasteiger partial charge on any atom is -0.388 e. The first-order valence-corrected chi connectivity index (χ1v) is 8.65. The molecule has 0 saturated carbocycles. The Morgan fingerprint density at radius 1 is 1.30 bits per heavy atom. The van der Waals surface area contributed by atoms with Crippen LogP contribution >= 0.6 is 11.3 Å². The van der Waals surface area contributed by atoms with Crippen LogP contribution in [-0.2, 0) is 0 Å². The third kappa shape index (κ3) is 3.32. The maximum Gasteiger partial charge on any atom is 0.185 e. The lowest BCUT2D eigenvalue weighted by molar-refractivity contribution is 0.203. The third-order valence-corrected chi connectivity index (χ3v) is 5.75. The lowest BCUT2D eigenvalue weighted by atomic mass is 9.96. The van der Waals surface area contributed by atoms with Gasteiger partial charge < -0.3 is 14.9 Å². The Hall–Kier alpha value is -0.650. The van der Waals surface area contributed by atoms with Crippen molar-refractivity contribution >= 4 is 16.5 Å². The highest BCUT2D eigenvalue weighted by Crippen LogP contribution is 2.30. The van der Waals surface area contributed by atoms with E-state index in [0.29, 0.717) is 0 Å². The normalized spacial score (nSPS) is 23.4. The van der Waals surface area contributed by atoms with Crippen molar-refractivity contribution in [3.63, 3.8) is 0 Å². The van der Waals surface area contributed by atoms with Crippen LogP contribution in [0.1, 0.15) is 43.6 Å². The SMILES string of the molecule is CC(O)c1cnc(N2CCC(CN3CCCC3)CC2)s1. The van der Waals surface area contributed by atoms with E-state index in [9.17, 15) is 5.11 Å². The van der Waals surface area contributed by atoms with Crippen LogP contribution in [0.15, 0.2) is 6.20 Å². The summed E-state index contributed by atoms with van der Waals surface area (Å²) in [4.78, 5) is 10.5. The second-order valence-corrected chi connectivity index (χ2v) is 7.20. The molecule has 0 bridgehead atoms. The number of aliphatic hydroxyl groups excluding tert-OH is 1. The predicted octanol–water partition coefficient (Wildman–Crippen LogP) is 2.51. The molecular formula is C15H25N3OS.